The largest absolute Gasteiger partial charge is 0.349 e. The molecule has 0 aliphatic rings. The van der Waals surface area contributed by atoms with Crippen LogP contribution in [-0.4, -0.2) is 21.9 Å². The van der Waals surface area contributed by atoms with Gasteiger partial charge in [0.25, 0.3) is 0 Å². The first kappa shape index (κ1) is 10.7. The number of rotatable bonds is 5. The Balaban J connectivity index is 2.27. The SMILES string of the molecule is CCC[C@@H](N)C(=O)NCc1cnc[nH]1. The van der Waals surface area contributed by atoms with Crippen molar-refractivity contribution in [3.05, 3.63) is 18.2 Å². The molecule has 0 saturated heterocycles. The third-order valence-electron chi connectivity index (χ3n) is 1.94. The van der Waals surface area contributed by atoms with Gasteiger partial charge in [-0.1, -0.05) is 13.3 Å². The number of imidazole rings is 1. The zero-order chi connectivity index (χ0) is 10.4. The highest BCUT2D eigenvalue weighted by Crippen LogP contribution is 1.94. The highest BCUT2D eigenvalue weighted by atomic mass is 16.2. The van der Waals surface area contributed by atoms with E-state index in [-0.39, 0.29) is 5.91 Å². The van der Waals surface area contributed by atoms with Crippen LogP contribution in [0.2, 0.25) is 0 Å². The van der Waals surface area contributed by atoms with Crippen LogP contribution in [0.5, 0.6) is 0 Å². The van der Waals surface area contributed by atoms with Crippen LogP contribution in [0.3, 0.4) is 0 Å². The molecule has 1 aromatic heterocycles. The van der Waals surface area contributed by atoms with Gasteiger partial charge in [-0.05, 0) is 6.42 Å². The molecule has 0 aromatic carbocycles. The Labute approximate surface area is 83.1 Å². The molecule has 0 saturated carbocycles. The van der Waals surface area contributed by atoms with Gasteiger partial charge < -0.3 is 16.0 Å². The lowest BCUT2D eigenvalue weighted by atomic mass is 10.2. The summed E-state index contributed by atoms with van der Waals surface area (Å²) in [4.78, 5) is 18.1. The zero-order valence-electron chi connectivity index (χ0n) is 8.29. The lowest BCUT2D eigenvalue weighted by Crippen LogP contribution is -2.40. The van der Waals surface area contributed by atoms with E-state index in [1.54, 1.807) is 12.5 Å². The van der Waals surface area contributed by atoms with E-state index in [0.29, 0.717) is 6.54 Å². The van der Waals surface area contributed by atoms with Gasteiger partial charge in [-0.3, -0.25) is 4.79 Å². The molecule has 5 heteroatoms. The topological polar surface area (TPSA) is 83.8 Å². The molecule has 1 rings (SSSR count). The van der Waals surface area contributed by atoms with Crippen LogP contribution >= 0.6 is 0 Å². The summed E-state index contributed by atoms with van der Waals surface area (Å²) >= 11 is 0. The Bertz CT molecular complexity index is 270. The maximum Gasteiger partial charge on any atom is 0.237 e. The van der Waals surface area contributed by atoms with Crippen LogP contribution in [0.25, 0.3) is 0 Å². The zero-order valence-corrected chi connectivity index (χ0v) is 8.29. The summed E-state index contributed by atoms with van der Waals surface area (Å²) in [5, 5.41) is 2.73. The average Bonchev–Trinajstić information content (AvgIpc) is 2.67. The molecule has 0 radical (unpaired) electrons. The first-order valence-corrected chi connectivity index (χ1v) is 4.74. The minimum Gasteiger partial charge on any atom is -0.349 e. The van der Waals surface area contributed by atoms with E-state index in [0.717, 1.165) is 18.5 Å². The molecule has 5 nitrogen and oxygen atoms in total. The van der Waals surface area contributed by atoms with Crippen molar-refractivity contribution in [2.24, 2.45) is 5.73 Å². The van der Waals surface area contributed by atoms with E-state index in [4.69, 9.17) is 5.73 Å². The molecule has 0 unspecified atom stereocenters. The molecule has 1 atom stereocenters. The number of nitrogens with one attached hydrogen (secondary N) is 2. The van der Waals surface area contributed by atoms with Gasteiger partial charge in [0.05, 0.1) is 24.6 Å². The number of nitrogens with zero attached hydrogens (tertiary/aromatic N) is 1. The Morgan fingerprint density at radius 3 is 3.14 bits per heavy atom. The van der Waals surface area contributed by atoms with Crippen LogP contribution in [0.4, 0.5) is 0 Å². The normalized spacial score (nSPS) is 12.4. The van der Waals surface area contributed by atoms with Crippen LogP contribution in [0.15, 0.2) is 12.5 Å². The van der Waals surface area contributed by atoms with E-state index in [1.165, 1.54) is 0 Å². The minimum atomic E-state index is -0.400. The molecule has 14 heavy (non-hydrogen) atoms. The summed E-state index contributed by atoms with van der Waals surface area (Å²) < 4.78 is 0. The molecule has 0 fully saturated rings. The molecule has 4 N–H and O–H groups in total. The molecule has 0 spiro atoms. The van der Waals surface area contributed by atoms with Gasteiger partial charge in [0, 0.05) is 6.20 Å². The highest BCUT2D eigenvalue weighted by molar-refractivity contribution is 5.81. The number of nitrogens with two attached hydrogens (primary N) is 1. The molecule has 1 amide bonds. The van der Waals surface area contributed by atoms with Gasteiger partial charge in [0.2, 0.25) is 5.91 Å². The van der Waals surface area contributed by atoms with Crippen molar-refractivity contribution in [1.29, 1.82) is 0 Å². The van der Waals surface area contributed by atoms with E-state index < -0.39 is 6.04 Å². The molecule has 1 heterocycles. The fourth-order valence-corrected chi connectivity index (χ4v) is 1.14. The third-order valence-corrected chi connectivity index (χ3v) is 1.94. The Morgan fingerprint density at radius 2 is 2.57 bits per heavy atom. The average molecular weight is 196 g/mol. The number of hydrogen-bond donors (Lipinski definition) is 3. The molecule has 1 aromatic rings. The minimum absolute atomic E-state index is 0.110. The quantitative estimate of drug-likeness (QED) is 0.627. The Hall–Kier alpha value is -1.36. The predicted octanol–water partition coefficient (Wildman–Crippen LogP) is 0.153. The van der Waals surface area contributed by atoms with Gasteiger partial charge in [0.1, 0.15) is 0 Å². The first-order valence-electron chi connectivity index (χ1n) is 4.74. The van der Waals surface area contributed by atoms with Crippen LogP contribution in [0.1, 0.15) is 25.5 Å². The van der Waals surface area contributed by atoms with Crippen LogP contribution in [-0.2, 0) is 11.3 Å². The second-order valence-corrected chi connectivity index (χ2v) is 3.19. The lowest BCUT2D eigenvalue weighted by Gasteiger charge is -2.09. The predicted molar refractivity (Wildman–Crippen MR) is 53.3 cm³/mol. The number of H-pyrrole nitrogens is 1. The summed E-state index contributed by atoms with van der Waals surface area (Å²) in [6.07, 6.45) is 4.88. The van der Waals surface area contributed by atoms with Gasteiger partial charge in [-0.15, -0.1) is 0 Å². The standard InChI is InChI=1S/C9H16N4O/c1-2-3-8(10)9(14)12-5-7-4-11-6-13-7/h4,6,8H,2-3,5,10H2,1H3,(H,11,13)(H,12,14)/t8-/m1/s1. The fraction of sp³-hybridized carbons (Fsp3) is 0.556. The van der Waals surface area contributed by atoms with Gasteiger partial charge in [-0.25, -0.2) is 4.98 Å². The number of aromatic amines is 1. The molecular weight excluding hydrogens is 180 g/mol. The van der Waals surface area contributed by atoms with E-state index in [2.05, 4.69) is 15.3 Å². The number of carbonyl (C=O) groups is 1. The molecule has 0 aliphatic carbocycles. The van der Waals surface area contributed by atoms with Gasteiger partial charge in [0.15, 0.2) is 0 Å². The number of hydrogen-bond acceptors (Lipinski definition) is 3. The summed E-state index contributed by atoms with van der Waals surface area (Å²) in [6.45, 7) is 2.46. The van der Waals surface area contributed by atoms with Crippen molar-refractivity contribution in [3.8, 4) is 0 Å². The van der Waals surface area contributed by atoms with Crippen molar-refractivity contribution >= 4 is 5.91 Å². The monoisotopic (exact) mass is 196 g/mol. The number of amides is 1. The summed E-state index contributed by atoms with van der Waals surface area (Å²) in [5.41, 5.74) is 6.51. The van der Waals surface area contributed by atoms with E-state index >= 15 is 0 Å². The molecular formula is C9H16N4O. The number of aromatic nitrogens is 2. The van der Waals surface area contributed by atoms with E-state index in [9.17, 15) is 4.79 Å². The van der Waals surface area contributed by atoms with E-state index in [1.807, 2.05) is 6.92 Å². The van der Waals surface area contributed by atoms with Gasteiger partial charge in [-0.2, -0.15) is 0 Å². The Kier molecular flexibility index (Phi) is 4.12. The first-order chi connectivity index (χ1) is 6.74. The van der Waals surface area contributed by atoms with Crippen LogP contribution < -0.4 is 11.1 Å². The maximum absolute atomic E-state index is 11.4. The number of carbonyl (C=O) groups excluding carboxylic acids is 1. The molecule has 78 valence electrons. The lowest BCUT2D eigenvalue weighted by molar-refractivity contribution is -0.122. The van der Waals surface area contributed by atoms with Crippen molar-refractivity contribution < 1.29 is 4.79 Å². The third kappa shape index (κ3) is 3.18. The maximum atomic E-state index is 11.4. The van der Waals surface area contributed by atoms with Gasteiger partial charge >= 0.3 is 0 Å². The molecule has 0 aliphatic heterocycles. The summed E-state index contributed by atoms with van der Waals surface area (Å²) in [5.74, 6) is -0.110. The van der Waals surface area contributed by atoms with Crippen molar-refractivity contribution in [1.82, 2.24) is 15.3 Å². The Morgan fingerprint density at radius 1 is 1.79 bits per heavy atom. The van der Waals surface area contributed by atoms with Crippen LogP contribution in [0, 0.1) is 0 Å². The van der Waals surface area contributed by atoms with Crippen molar-refractivity contribution in [2.45, 2.75) is 32.4 Å². The van der Waals surface area contributed by atoms with Crippen molar-refractivity contribution in [3.63, 3.8) is 0 Å². The molecule has 0 bridgehead atoms. The smallest absolute Gasteiger partial charge is 0.237 e. The second-order valence-electron chi connectivity index (χ2n) is 3.19. The van der Waals surface area contributed by atoms with Crippen molar-refractivity contribution in [2.75, 3.05) is 0 Å². The summed E-state index contributed by atoms with van der Waals surface area (Å²) in [7, 11) is 0. The second kappa shape index (κ2) is 5.39. The fourth-order valence-electron chi connectivity index (χ4n) is 1.14. The summed E-state index contributed by atoms with van der Waals surface area (Å²) in [6, 6.07) is -0.400. The highest BCUT2D eigenvalue weighted by Gasteiger charge is 2.11.